The van der Waals surface area contributed by atoms with E-state index < -0.39 is 6.10 Å². The molecule has 1 amide bonds. The maximum atomic E-state index is 12.8. The molecule has 1 saturated heterocycles. The molecule has 2 heterocycles. The van der Waals surface area contributed by atoms with Crippen LogP contribution >= 0.6 is 0 Å². The molecule has 0 saturated carbocycles. The average Bonchev–Trinajstić information content (AvgIpc) is 3.33. The molecular weight excluding hydrogens is 328 g/mol. The summed E-state index contributed by atoms with van der Waals surface area (Å²) >= 11 is 0. The van der Waals surface area contributed by atoms with Crippen molar-refractivity contribution < 1.29 is 13.9 Å². The number of carbonyl (C=O) groups is 1. The lowest BCUT2D eigenvalue weighted by atomic mass is 10.0. The van der Waals surface area contributed by atoms with Gasteiger partial charge < -0.3 is 20.2 Å². The standard InChI is InChI=1S/C21H22N2O3/c22-13-16-10-11-18(25-16)21(24)23-20(14-6-2-1-3-7-14)19-12-15-8-4-5-9-17(15)26-19/h1-9,12,16,18,20H,10-11,13,22H2,(H,23,24)/t16-,18+,20?/m1/s1. The van der Waals surface area contributed by atoms with Gasteiger partial charge in [0.15, 0.2) is 0 Å². The van der Waals surface area contributed by atoms with Crippen LogP contribution in [0.15, 0.2) is 65.1 Å². The average molecular weight is 350 g/mol. The van der Waals surface area contributed by atoms with E-state index in [2.05, 4.69) is 5.32 Å². The zero-order valence-electron chi connectivity index (χ0n) is 14.4. The van der Waals surface area contributed by atoms with Crippen molar-refractivity contribution in [3.63, 3.8) is 0 Å². The lowest BCUT2D eigenvalue weighted by Crippen LogP contribution is -2.38. The molecule has 1 aliphatic rings. The number of para-hydroxylation sites is 1. The molecule has 0 radical (unpaired) electrons. The lowest BCUT2D eigenvalue weighted by molar-refractivity contribution is -0.132. The monoisotopic (exact) mass is 350 g/mol. The van der Waals surface area contributed by atoms with Gasteiger partial charge in [0.1, 0.15) is 23.5 Å². The second kappa shape index (κ2) is 7.32. The highest BCUT2D eigenvalue weighted by Gasteiger charge is 2.32. The zero-order valence-corrected chi connectivity index (χ0v) is 14.4. The van der Waals surface area contributed by atoms with Crippen molar-refractivity contribution >= 4 is 16.9 Å². The van der Waals surface area contributed by atoms with Crippen molar-refractivity contribution in [1.29, 1.82) is 0 Å². The van der Waals surface area contributed by atoms with Crippen molar-refractivity contribution in [3.05, 3.63) is 72.0 Å². The number of hydrogen-bond donors (Lipinski definition) is 2. The summed E-state index contributed by atoms with van der Waals surface area (Å²) in [6.07, 6.45) is 1.01. The molecule has 1 aliphatic heterocycles. The topological polar surface area (TPSA) is 77.5 Å². The molecule has 0 bridgehead atoms. The van der Waals surface area contributed by atoms with E-state index in [9.17, 15) is 4.79 Å². The molecule has 26 heavy (non-hydrogen) atoms. The molecule has 0 aliphatic carbocycles. The number of amides is 1. The van der Waals surface area contributed by atoms with Gasteiger partial charge in [0.2, 0.25) is 5.91 Å². The summed E-state index contributed by atoms with van der Waals surface area (Å²) in [5, 5.41) is 4.11. The van der Waals surface area contributed by atoms with Crippen LogP contribution < -0.4 is 11.1 Å². The number of nitrogens with two attached hydrogens (primary N) is 1. The Labute approximate surface area is 152 Å². The fraction of sp³-hybridized carbons (Fsp3) is 0.286. The highest BCUT2D eigenvalue weighted by Crippen LogP contribution is 2.29. The van der Waals surface area contributed by atoms with Gasteiger partial charge in [-0.2, -0.15) is 0 Å². The Morgan fingerprint density at radius 3 is 2.62 bits per heavy atom. The second-order valence-electron chi connectivity index (χ2n) is 6.60. The zero-order chi connectivity index (χ0) is 17.9. The smallest absolute Gasteiger partial charge is 0.250 e. The van der Waals surface area contributed by atoms with Crippen LogP contribution in [0.25, 0.3) is 11.0 Å². The largest absolute Gasteiger partial charge is 0.459 e. The van der Waals surface area contributed by atoms with Gasteiger partial charge in [-0.05, 0) is 30.5 Å². The van der Waals surface area contributed by atoms with Gasteiger partial charge in [0.05, 0.1) is 6.10 Å². The van der Waals surface area contributed by atoms with Crippen molar-refractivity contribution in [3.8, 4) is 0 Å². The van der Waals surface area contributed by atoms with Crippen molar-refractivity contribution in [1.82, 2.24) is 5.32 Å². The first-order valence-electron chi connectivity index (χ1n) is 8.94. The first kappa shape index (κ1) is 16.8. The Morgan fingerprint density at radius 2 is 1.88 bits per heavy atom. The molecule has 0 spiro atoms. The summed E-state index contributed by atoms with van der Waals surface area (Å²) in [7, 11) is 0. The van der Waals surface area contributed by atoms with Crippen LogP contribution in [-0.4, -0.2) is 24.7 Å². The van der Waals surface area contributed by atoms with Gasteiger partial charge in [0.25, 0.3) is 0 Å². The van der Waals surface area contributed by atoms with E-state index in [1.54, 1.807) is 0 Å². The molecule has 1 unspecified atom stereocenters. The van der Waals surface area contributed by atoms with Crippen molar-refractivity contribution in [2.45, 2.75) is 31.1 Å². The second-order valence-corrected chi connectivity index (χ2v) is 6.60. The predicted octanol–water partition coefficient (Wildman–Crippen LogP) is 3.14. The van der Waals surface area contributed by atoms with Crippen LogP contribution in [0.4, 0.5) is 0 Å². The predicted molar refractivity (Wildman–Crippen MR) is 99.6 cm³/mol. The van der Waals surface area contributed by atoms with Crippen LogP contribution in [0.3, 0.4) is 0 Å². The van der Waals surface area contributed by atoms with Gasteiger partial charge in [-0.1, -0.05) is 48.5 Å². The first-order chi connectivity index (χ1) is 12.7. The van der Waals surface area contributed by atoms with E-state index in [-0.39, 0.29) is 18.1 Å². The van der Waals surface area contributed by atoms with E-state index in [0.29, 0.717) is 18.7 Å². The minimum Gasteiger partial charge on any atom is -0.459 e. The van der Waals surface area contributed by atoms with Crippen LogP contribution in [0.2, 0.25) is 0 Å². The summed E-state index contributed by atoms with van der Waals surface area (Å²) in [5.74, 6) is 0.578. The molecule has 4 rings (SSSR count). The quantitative estimate of drug-likeness (QED) is 0.741. The molecule has 5 heteroatoms. The van der Waals surface area contributed by atoms with Gasteiger partial charge >= 0.3 is 0 Å². The molecule has 3 N–H and O–H groups in total. The lowest BCUT2D eigenvalue weighted by Gasteiger charge is -2.20. The number of carbonyl (C=O) groups excluding carboxylic acids is 1. The van der Waals surface area contributed by atoms with Gasteiger partial charge in [0, 0.05) is 11.9 Å². The van der Waals surface area contributed by atoms with Crippen LogP contribution in [0.5, 0.6) is 0 Å². The van der Waals surface area contributed by atoms with Crippen LogP contribution in [-0.2, 0) is 9.53 Å². The Morgan fingerprint density at radius 1 is 1.12 bits per heavy atom. The molecule has 3 aromatic rings. The van der Waals surface area contributed by atoms with Crippen molar-refractivity contribution in [2.75, 3.05) is 6.54 Å². The fourth-order valence-corrected chi connectivity index (χ4v) is 3.42. The number of benzene rings is 2. The maximum absolute atomic E-state index is 12.8. The fourth-order valence-electron chi connectivity index (χ4n) is 3.42. The Bertz CT molecular complexity index is 857. The maximum Gasteiger partial charge on any atom is 0.250 e. The number of furan rings is 1. The molecule has 134 valence electrons. The SMILES string of the molecule is NC[C@H]1CC[C@@H](C(=O)NC(c2ccccc2)c2cc3ccccc3o2)O1. The molecule has 1 fully saturated rings. The van der Waals surface area contributed by atoms with Gasteiger partial charge in [-0.15, -0.1) is 0 Å². The summed E-state index contributed by atoms with van der Waals surface area (Å²) in [5.41, 5.74) is 7.42. The summed E-state index contributed by atoms with van der Waals surface area (Å²) in [6, 6.07) is 19.3. The molecule has 2 aromatic carbocycles. The number of ether oxygens (including phenoxy) is 1. The third-order valence-electron chi connectivity index (χ3n) is 4.81. The van der Waals surface area contributed by atoms with E-state index in [4.69, 9.17) is 14.9 Å². The molecular formula is C21H22N2O3. The minimum absolute atomic E-state index is 0.0351. The van der Waals surface area contributed by atoms with Crippen LogP contribution in [0.1, 0.15) is 30.2 Å². The molecule has 1 aromatic heterocycles. The highest BCUT2D eigenvalue weighted by atomic mass is 16.5. The van der Waals surface area contributed by atoms with Crippen LogP contribution in [0, 0.1) is 0 Å². The Balaban J connectivity index is 1.62. The number of nitrogens with one attached hydrogen (secondary N) is 1. The summed E-state index contributed by atoms with van der Waals surface area (Å²) in [6.45, 7) is 0.440. The Hall–Kier alpha value is -2.63. The van der Waals surface area contributed by atoms with Gasteiger partial charge in [-0.3, -0.25) is 4.79 Å². The third-order valence-corrected chi connectivity index (χ3v) is 4.81. The number of hydrogen-bond acceptors (Lipinski definition) is 4. The number of fused-ring (bicyclic) bond motifs is 1. The molecule has 3 atom stereocenters. The molecule has 5 nitrogen and oxygen atoms in total. The van der Waals surface area contributed by atoms with Gasteiger partial charge in [-0.25, -0.2) is 0 Å². The van der Waals surface area contributed by atoms with E-state index in [1.165, 1.54) is 0 Å². The number of rotatable bonds is 5. The Kier molecular flexibility index (Phi) is 4.73. The van der Waals surface area contributed by atoms with E-state index in [0.717, 1.165) is 23.0 Å². The van der Waals surface area contributed by atoms with E-state index in [1.807, 2.05) is 60.7 Å². The van der Waals surface area contributed by atoms with E-state index >= 15 is 0 Å². The first-order valence-corrected chi connectivity index (χ1v) is 8.94. The van der Waals surface area contributed by atoms with Crippen molar-refractivity contribution in [2.24, 2.45) is 5.73 Å². The normalized spacial score (nSPS) is 21.0. The minimum atomic E-state index is -0.459. The summed E-state index contributed by atoms with van der Waals surface area (Å²) in [4.78, 5) is 12.8. The third kappa shape index (κ3) is 3.36. The summed E-state index contributed by atoms with van der Waals surface area (Å²) < 4.78 is 11.8. The highest BCUT2D eigenvalue weighted by molar-refractivity contribution is 5.82.